The maximum Gasteiger partial charge on any atom is 0.338 e. The van der Waals surface area contributed by atoms with E-state index in [1.807, 2.05) is 33.9 Å². The summed E-state index contributed by atoms with van der Waals surface area (Å²) in [6, 6.07) is 47.2. The van der Waals surface area contributed by atoms with E-state index in [0.29, 0.717) is 16.7 Å². The van der Waals surface area contributed by atoms with Gasteiger partial charge in [-0.1, -0.05) is 182 Å². The molecule has 131 heavy (non-hydrogen) atoms. The number of hydrogen-bond acceptors (Lipinski definition) is 28. The monoisotopic (exact) mass is 1820 g/mol. The topological polar surface area (TPSA) is 432 Å². The molecule has 4 bridgehead atoms. The van der Waals surface area contributed by atoms with Crippen molar-refractivity contribution in [3.05, 3.63) is 238 Å². The summed E-state index contributed by atoms with van der Waals surface area (Å²) in [7, 11) is -2.93. The standard InChI is InChI=1S/C53H65NO14Si.C47H51NO14/c1-30-36(65-48(61)42(68-69(10,11)49(4,5)6)40(33-21-15-12-16-22-33)54-46(59)34-23-17-13-18-24-34)28-53(62)45(66-47(60)35-25-19-14-20-26-35)43-51(9,37(57)27-38-52(43,29-63-38)67-32(3)56)44(58)41(64-31(2)55)39(30)50(53,7)8;1-25-31(60-43(56)36(52)35(28-16-10-7-11-17-28)48-41(54)29-18-12-8-13-19-29)23-47(57)40(61-42(55)30-20-14-9-15-21-30)38-45(6,32(51)22-33-46(38,24-58-33)62-27(3)50)39(53)37(59-26(2)49)34(25)44(47,4)5/h12-26,36-38,40-43,45,57,62H,27-29H2,1-11H3,(H,54,59);7-21,31-33,35-38,40,51-52,57H,22-24H2,1-6H3,(H,48,54)/t36?,37-,38+,40?,41+,42+,43-,45-,51+,52-,53+;31?,32-,33+,35?,36+,37+,38-,40-,45+,46-,47+/m00/s1. The van der Waals surface area contributed by atoms with E-state index in [2.05, 4.69) is 10.6 Å². The van der Waals surface area contributed by atoms with Crippen LogP contribution in [-0.2, 0) is 90.2 Å². The van der Waals surface area contributed by atoms with Gasteiger partial charge >= 0.3 is 47.8 Å². The predicted molar refractivity (Wildman–Crippen MR) is 471 cm³/mol. The molecule has 30 nitrogen and oxygen atoms in total. The molecule has 6 aliphatic carbocycles. The van der Waals surface area contributed by atoms with Crippen LogP contribution in [0.4, 0.5) is 0 Å². The summed E-state index contributed by atoms with van der Waals surface area (Å²) in [5.41, 5.74) is -13.6. The van der Waals surface area contributed by atoms with Crippen LogP contribution in [0.5, 0.6) is 0 Å². The molecule has 6 fully saturated rings. The number of nitrogens with one attached hydrogen (secondary N) is 2. The Morgan fingerprint density at radius 2 is 0.771 bits per heavy atom. The van der Waals surface area contributed by atoms with E-state index in [1.54, 1.807) is 192 Å². The first-order valence-corrected chi connectivity index (χ1v) is 46.8. The average Bonchev–Trinajstić information content (AvgIpc) is 0.671. The number of rotatable bonds is 22. The Labute approximate surface area is 760 Å². The van der Waals surface area contributed by atoms with E-state index in [-0.39, 0.29) is 65.0 Å². The average molecular weight is 1820 g/mol. The van der Waals surface area contributed by atoms with Crippen molar-refractivity contribution >= 4 is 79.5 Å². The summed E-state index contributed by atoms with van der Waals surface area (Å²) >= 11 is 0. The van der Waals surface area contributed by atoms with E-state index in [1.165, 1.54) is 52.0 Å². The van der Waals surface area contributed by atoms with Crippen molar-refractivity contribution in [2.75, 3.05) is 13.2 Å². The van der Waals surface area contributed by atoms with Crippen molar-refractivity contribution in [3.8, 4) is 0 Å². The number of hydrogen-bond donors (Lipinski definition) is 7. The van der Waals surface area contributed by atoms with Gasteiger partial charge in [-0.05, 0) is 128 Å². The number of amides is 2. The number of carbonyl (C=O) groups excluding carboxylic acids is 12. The highest BCUT2D eigenvalue weighted by atomic mass is 28.4. The number of Topliss-reactive ketones (excluding diaryl/α,β-unsaturated/α-hetero) is 2. The second kappa shape index (κ2) is 36.7. The zero-order valence-electron chi connectivity index (χ0n) is 76.4. The fourth-order valence-corrected chi connectivity index (χ4v) is 22.2. The Bertz CT molecular complexity index is 5450. The van der Waals surface area contributed by atoms with Gasteiger partial charge in [-0.25, -0.2) is 19.2 Å². The highest BCUT2D eigenvalue weighted by Crippen LogP contribution is 2.67. The van der Waals surface area contributed by atoms with Gasteiger partial charge in [0.05, 0.1) is 71.3 Å². The molecule has 2 saturated heterocycles. The van der Waals surface area contributed by atoms with Crippen LogP contribution in [0.2, 0.25) is 18.1 Å². The Hall–Kier alpha value is -11.3. The molecule has 31 heteroatoms. The van der Waals surface area contributed by atoms with Crippen LogP contribution in [0.3, 0.4) is 0 Å². The van der Waals surface area contributed by atoms with Crippen molar-refractivity contribution in [1.82, 2.24) is 10.6 Å². The second-order valence-corrected chi connectivity index (χ2v) is 43.3. The fraction of sp³-hybridized carbons (Fsp3) is 0.480. The van der Waals surface area contributed by atoms with E-state index < -0.39 is 239 Å². The third-order valence-electron chi connectivity index (χ3n) is 29.2. The van der Waals surface area contributed by atoms with E-state index in [0.717, 1.165) is 20.8 Å². The van der Waals surface area contributed by atoms with Crippen LogP contribution in [0.25, 0.3) is 0 Å². The molecular weight excluding hydrogens is 1710 g/mol. The molecular formula is C100H116N2O28Si. The Morgan fingerprint density at radius 3 is 1.09 bits per heavy atom. The van der Waals surface area contributed by atoms with Gasteiger partial charge in [0.2, 0.25) is 0 Å². The van der Waals surface area contributed by atoms with Gasteiger partial charge in [0.25, 0.3) is 11.8 Å². The quantitative estimate of drug-likeness (QED) is 0.0144. The fourth-order valence-electron chi connectivity index (χ4n) is 21.0. The zero-order chi connectivity index (χ0) is 95.6. The Kier molecular flexibility index (Phi) is 27.3. The van der Waals surface area contributed by atoms with Crippen LogP contribution in [0.15, 0.2) is 204 Å². The summed E-state index contributed by atoms with van der Waals surface area (Å²) in [6.45, 7) is 26.2. The van der Waals surface area contributed by atoms with Crippen LogP contribution in [0, 0.1) is 33.5 Å². The normalized spacial score (nSPS) is 31.1. The highest BCUT2D eigenvalue weighted by Gasteiger charge is 2.81. The molecule has 0 radical (unpaired) electrons. The predicted octanol–water partition coefficient (Wildman–Crippen LogP) is 10.5. The number of aliphatic hydroxyl groups is 5. The number of aliphatic hydroxyl groups excluding tert-OH is 3. The number of ether oxygens (including phenoxy) is 10. The number of benzene rings is 6. The van der Waals surface area contributed by atoms with Crippen molar-refractivity contribution in [3.63, 3.8) is 0 Å². The van der Waals surface area contributed by atoms with Gasteiger partial charge in [-0.15, -0.1) is 0 Å². The van der Waals surface area contributed by atoms with E-state index in [4.69, 9.17) is 51.8 Å². The number of ketones is 2. The summed E-state index contributed by atoms with van der Waals surface area (Å²) < 4.78 is 68.5. The van der Waals surface area contributed by atoms with Crippen LogP contribution in [0.1, 0.15) is 194 Å². The van der Waals surface area contributed by atoms with E-state index in [9.17, 15) is 68.7 Å². The van der Waals surface area contributed by atoms with Crippen LogP contribution in [-0.4, -0.2) is 214 Å². The minimum Gasteiger partial charge on any atom is -0.456 e. The van der Waals surface area contributed by atoms with Gasteiger partial charge in [0.1, 0.15) is 47.8 Å². The van der Waals surface area contributed by atoms with Crippen molar-refractivity contribution in [2.45, 2.75) is 255 Å². The lowest BCUT2D eigenvalue weighted by atomic mass is 9.44. The smallest absolute Gasteiger partial charge is 0.338 e. The molecule has 8 aliphatic rings. The largest absolute Gasteiger partial charge is 0.456 e. The molecule has 4 saturated carbocycles. The van der Waals surface area contributed by atoms with Gasteiger partial charge in [-0.3, -0.25) is 38.4 Å². The Morgan fingerprint density at radius 1 is 0.450 bits per heavy atom. The minimum absolute atomic E-state index is 0.00289. The molecule has 6 aromatic rings. The summed E-state index contributed by atoms with van der Waals surface area (Å²) in [4.78, 5) is 170. The van der Waals surface area contributed by atoms with Gasteiger partial charge in [0.15, 0.2) is 55.5 Å². The lowest BCUT2D eigenvalue weighted by molar-refractivity contribution is -0.346. The third-order valence-corrected chi connectivity index (χ3v) is 33.6. The van der Waals surface area contributed by atoms with Crippen LogP contribution < -0.4 is 10.6 Å². The summed E-state index contributed by atoms with van der Waals surface area (Å²) in [5.74, 6) is -13.2. The van der Waals surface area contributed by atoms with Gasteiger partial charge < -0.3 is 88.0 Å². The van der Waals surface area contributed by atoms with Crippen molar-refractivity contribution < 1.29 is 135 Å². The maximum atomic E-state index is 15.8. The molecule has 4 unspecified atom stereocenters. The molecule has 2 amide bonds. The number of carbonyl (C=O) groups is 12. The SMILES string of the molecule is CC(=O)O[C@H]1C(=O)[C@@]2(C)[C@H]([C@H](OC(=O)c3ccccc3)[C@]3(O)CC(OC(=O)[C@H](O)C(NC(=O)c4ccccc4)c4ccccc4)C(C)=C1C3(C)C)[C@]1(OC(C)=O)CO[C@@H]1C[C@@H]2O.CC(=O)O[C@H]1C(=O)[C@@]2(C)[C@H]([C@H](OC(=O)c3ccccc3)[C@]3(O)CC(OC(=O)[C@H](O[Si](C)(C)C(C)(C)C)C(NC(=O)c4ccccc4)c4ccccc4)C(C)=C1C3(C)C)[C@]1(OC(C)=O)CO[C@@H]1C[C@@H]2O. The molecule has 14 rings (SSSR count). The summed E-state index contributed by atoms with van der Waals surface area (Å²) in [6.07, 6.45) is -20.3. The van der Waals surface area contributed by atoms with Crippen molar-refractivity contribution in [1.29, 1.82) is 0 Å². The summed E-state index contributed by atoms with van der Waals surface area (Å²) in [5, 5.41) is 69.1. The van der Waals surface area contributed by atoms with Crippen molar-refractivity contribution in [2.24, 2.45) is 33.5 Å². The lowest BCUT2D eigenvalue weighted by Crippen LogP contribution is -2.82. The molecule has 0 aromatic heterocycles. The molecule has 698 valence electrons. The Balaban J connectivity index is 0.000000224. The highest BCUT2D eigenvalue weighted by molar-refractivity contribution is 6.74. The molecule has 2 aliphatic heterocycles. The first-order chi connectivity index (χ1) is 61.5. The molecule has 22 atom stereocenters. The molecule has 6 aromatic carbocycles. The lowest BCUT2D eigenvalue weighted by Gasteiger charge is -2.67. The number of fused-ring (bicyclic) bond motifs is 10. The maximum absolute atomic E-state index is 15.8. The van der Waals surface area contributed by atoms with Gasteiger partial charge in [-0.2, -0.15) is 0 Å². The zero-order valence-corrected chi connectivity index (χ0v) is 77.4. The molecule has 7 N–H and O–H groups in total. The van der Waals surface area contributed by atoms with Crippen LogP contribution >= 0.6 is 0 Å². The second-order valence-electron chi connectivity index (χ2n) is 38.6. The third kappa shape index (κ3) is 17.4. The molecule has 2 heterocycles. The van der Waals surface area contributed by atoms with Gasteiger partial charge in [0, 0.05) is 75.3 Å². The first kappa shape index (κ1) is 97.3. The molecule has 0 spiro atoms. The number of esters is 8. The minimum atomic E-state index is -2.93. The first-order valence-electron chi connectivity index (χ1n) is 43.9. The van der Waals surface area contributed by atoms with E-state index >= 15 is 14.4 Å².